The Bertz CT molecular complexity index is 848. The van der Waals surface area contributed by atoms with Crippen LogP contribution in [0.25, 0.3) is 0 Å². The fraction of sp³-hybridized carbons (Fsp3) is 0.440. The highest BCUT2D eigenvalue weighted by molar-refractivity contribution is 5.93. The van der Waals surface area contributed by atoms with E-state index in [0.29, 0.717) is 25.9 Å². The molecule has 1 atom stereocenters. The molecule has 1 unspecified atom stereocenters. The average molecular weight is 408 g/mol. The predicted molar refractivity (Wildman–Crippen MR) is 122 cm³/mol. The number of anilines is 2. The summed E-state index contributed by atoms with van der Waals surface area (Å²) in [5.41, 5.74) is 2.67. The first-order valence-electron chi connectivity index (χ1n) is 10.8. The van der Waals surface area contributed by atoms with Crippen molar-refractivity contribution in [1.82, 2.24) is 4.90 Å². The number of nitrogens with one attached hydrogen (secondary N) is 2. The monoisotopic (exact) mass is 407 g/mol. The van der Waals surface area contributed by atoms with E-state index in [1.807, 2.05) is 68.1 Å². The maximum Gasteiger partial charge on any atom is 0.227 e. The number of piperidine rings is 1. The van der Waals surface area contributed by atoms with Crippen LogP contribution in [0.15, 0.2) is 54.6 Å². The van der Waals surface area contributed by atoms with Crippen LogP contribution in [0, 0.1) is 11.3 Å². The molecule has 0 saturated carbocycles. The van der Waals surface area contributed by atoms with Crippen LogP contribution in [-0.4, -0.2) is 29.8 Å². The van der Waals surface area contributed by atoms with E-state index >= 15 is 0 Å². The largest absolute Gasteiger partial charge is 0.379 e. The van der Waals surface area contributed by atoms with E-state index in [1.54, 1.807) is 0 Å². The van der Waals surface area contributed by atoms with Gasteiger partial charge in [-0.1, -0.05) is 51.1 Å². The average Bonchev–Trinajstić information content (AvgIpc) is 2.74. The van der Waals surface area contributed by atoms with Gasteiger partial charge in [-0.3, -0.25) is 9.59 Å². The summed E-state index contributed by atoms with van der Waals surface area (Å²) in [6, 6.07) is 18.3. The lowest BCUT2D eigenvalue weighted by atomic mass is 9.90. The van der Waals surface area contributed by atoms with E-state index in [-0.39, 0.29) is 29.2 Å². The molecule has 2 aromatic rings. The minimum Gasteiger partial charge on any atom is -0.379 e. The third-order valence-corrected chi connectivity index (χ3v) is 5.63. The first-order chi connectivity index (χ1) is 14.2. The minimum absolute atomic E-state index is 0.0382. The summed E-state index contributed by atoms with van der Waals surface area (Å²) in [4.78, 5) is 27.0. The van der Waals surface area contributed by atoms with E-state index in [2.05, 4.69) is 29.7 Å². The molecule has 1 aliphatic rings. The van der Waals surface area contributed by atoms with Gasteiger partial charge in [0.2, 0.25) is 11.8 Å². The third kappa shape index (κ3) is 5.62. The van der Waals surface area contributed by atoms with Crippen molar-refractivity contribution in [2.45, 2.75) is 46.6 Å². The van der Waals surface area contributed by atoms with Crippen LogP contribution in [0.1, 0.15) is 52.1 Å². The van der Waals surface area contributed by atoms with Crippen molar-refractivity contribution in [2.24, 2.45) is 11.3 Å². The van der Waals surface area contributed by atoms with E-state index in [9.17, 15) is 9.59 Å². The van der Waals surface area contributed by atoms with Crippen molar-refractivity contribution in [3.05, 3.63) is 60.2 Å². The fourth-order valence-electron chi connectivity index (χ4n) is 3.79. The molecule has 5 heteroatoms. The molecule has 2 aromatic carbocycles. The number of likely N-dealkylation sites (tertiary alicyclic amines) is 1. The lowest BCUT2D eigenvalue weighted by Gasteiger charge is -2.35. The smallest absolute Gasteiger partial charge is 0.227 e. The van der Waals surface area contributed by atoms with E-state index in [0.717, 1.165) is 11.4 Å². The second kappa shape index (κ2) is 9.33. The van der Waals surface area contributed by atoms with Gasteiger partial charge in [0.15, 0.2) is 0 Å². The van der Waals surface area contributed by atoms with Crippen molar-refractivity contribution in [2.75, 3.05) is 23.7 Å². The Morgan fingerprint density at radius 1 is 0.933 bits per heavy atom. The molecule has 1 aliphatic heterocycles. The second-order valence-electron chi connectivity index (χ2n) is 9.16. The second-order valence-corrected chi connectivity index (χ2v) is 9.16. The van der Waals surface area contributed by atoms with E-state index < -0.39 is 0 Å². The topological polar surface area (TPSA) is 61.4 Å². The van der Waals surface area contributed by atoms with E-state index in [4.69, 9.17) is 0 Å². The number of carbonyl (C=O) groups excluding carboxylic acids is 2. The van der Waals surface area contributed by atoms with Crippen LogP contribution in [-0.2, 0) is 9.59 Å². The standard InChI is InChI=1S/C25H33N3O2/c1-18(19-8-6-5-7-9-19)26-21-10-12-22(13-11-21)27-23(29)20-14-16-28(17-15-20)24(30)25(2,3)4/h5-13,18,20,26H,14-17H2,1-4H3,(H,27,29). The van der Waals surface area contributed by atoms with Crippen LogP contribution < -0.4 is 10.6 Å². The summed E-state index contributed by atoms with van der Waals surface area (Å²) in [5.74, 6) is 0.148. The summed E-state index contributed by atoms with van der Waals surface area (Å²) < 4.78 is 0. The van der Waals surface area contributed by atoms with Crippen LogP contribution in [0.2, 0.25) is 0 Å². The lowest BCUT2D eigenvalue weighted by molar-refractivity contribution is -0.142. The normalized spacial score (nSPS) is 16.1. The van der Waals surface area contributed by atoms with Crippen LogP contribution >= 0.6 is 0 Å². The minimum atomic E-state index is -0.372. The molecule has 5 nitrogen and oxygen atoms in total. The number of hydrogen-bond donors (Lipinski definition) is 2. The number of nitrogens with zero attached hydrogens (tertiary/aromatic N) is 1. The molecule has 1 fully saturated rings. The molecule has 3 rings (SSSR count). The van der Waals surface area contributed by atoms with Gasteiger partial charge in [-0.25, -0.2) is 0 Å². The van der Waals surface area contributed by atoms with Crippen molar-refractivity contribution < 1.29 is 9.59 Å². The Labute approximate surface area is 179 Å². The maximum absolute atomic E-state index is 12.7. The van der Waals surface area contributed by atoms with E-state index in [1.165, 1.54) is 5.56 Å². The SMILES string of the molecule is CC(Nc1ccc(NC(=O)C2CCN(C(=O)C(C)(C)C)CC2)cc1)c1ccccc1. The molecule has 0 radical (unpaired) electrons. The highest BCUT2D eigenvalue weighted by atomic mass is 16.2. The van der Waals surface area contributed by atoms with Gasteiger partial charge in [-0.15, -0.1) is 0 Å². The number of benzene rings is 2. The Kier molecular flexibility index (Phi) is 6.80. The van der Waals surface area contributed by atoms with Gasteiger partial charge in [-0.2, -0.15) is 0 Å². The number of amides is 2. The van der Waals surface area contributed by atoms with Gasteiger partial charge in [0.25, 0.3) is 0 Å². The van der Waals surface area contributed by atoms with Crippen molar-refractivity contribution in [3.8, 4) is 0 Å². The number of rotatable bonds is 5. The highest BCUT2D eigenvalue weighted by Gasteiger charge is 2.32. The Balaban J connectivity index is 1.50. The van der Waals surface area contributed by atoms with Gasteiger partial charge in [0, 0.05) is 41.8 Å². The Hall–Kier alpha value is -2.82. The van der Waals surface area contributed by atoms with Gasteiger partial charge < -0.3 is 15.5 Å². The summed E-state index contributed by atoms with van der Waals surface area (Å²) in [6.45, 7) is 9.23. The van der Waals surface area contributed by atoms with Crippen molar-refractivity contribution in [1.29, 1.82) is 0 Å². The zero-order chi connectivity index (χ0) is 21.7. The molecular weight excluding hydrogens is 374 g/mol. The molecule has 30 heavy (non-hydrogen) atoms. The third-order valence-electron chi connectivity index (χ3n) is 5.63. The molecule has 0 aromatic heterocycles. The molecule has 0 spiro atoms. The maximum atomic E-state index is 12.7. The zero-order valence-electron chi connectivity index (χ0n) is 18.4. The molecule has 160 valence electrons. The summed E-state index contributed by atoms with van der Waals surface area (Å²) in [5, 5.41) is 6.51. The molecule has 1 saturated heterocycles. The molecular formula is C25H33N3O2. The lowest BCUT2D eigenvalue weighted by Crippen LogP contribution is -2.45. The summed E-state index contributed by atoms with van der Waals surface area (Å²) in [7, 11) is 0. The molecule has 0 bridgehead atoms. The first kappa shape index (κ1) is 21.9. The van der Waals surface area contributed by atoms with Crippen LogP contribution in [0.3, 0.4) is 0 Å². The number of hydrogen-bond acceptors (Lipinski definition) is 3. The van der Waals surface area contributed by atoms with Crippen molar-refractivity contribution in [3.63, 3.8) is 0 Å². The molecule has 2 N–H and O–H groups in total. The van der Waals surface area contributed by atoms with Gasteiger partial charge in [-0.05, 0) is 49.6 Å². The van der Waals surface area contributed by atoms with Gasteiger partial charge in [0.1, 0.15) is 0 Å². The van der Waals surface area contributed by atoms with Crippen molar-refractivity contribution >= 4 is 23.2 Å². The van der Waals surface area contributed by atoms with Crippen LogP contribution in [0.4, 0.5) is 11.4 Å². The Morgan fingerprint density at radius 3 is 2.07 bits per heavy atom. The Morgan fingerprint density at radius 2 is 1.50 bits per heavy atom. The first-order valence-corrected chi connectivity index (χ1v) is 10.8. The fourth-order valence-corrected chi connectivity index (χ4v) is 3.79. The summed E-state index contributed by atoms with van der Waals surface area (Å²) in [6.07, 6.45) is 1.42. The molecule has 0 aliphatic carbocycles. The van der Waals surface area contributed by atoms with Gasteiger partial charge in [0.05, 0.1) is 0 Å². The highest BCUT2D eigenvalue weighted by Crippen LogP contribution is 2.25. The quantitative estimate of drug-likeness (QED) is 0.726. The van der Waals surface area contributed by atoms with Gasteiger partial charge >= 0.3 is 0 Å². The molecule has 1 heterocycles. The predicted octanol–water partition coefficient (Wildman–Crippen LogP) is 5.08. The summed E-state index contributed by atoms with van der Waals surface area (Å²) >= 11 is 0. The zero-order valence-corrected chi connectivity index (χ0v) is 18.4. The van der Waals surface area contributed by atoms with Crippen LogP contribution in [0.5, 0.6) is 0 Å². The number of carbonyl (C=O) groups is 2. The molecule has 2 amide bonds.